The van der Waals surface area contributed by atoms with Crippen LogP contribution in [0.1, 0.15) is 12.8 Å². The summed E-state index contributed by atoms with van der Waals surface area (Å²) in [7, 11) is 1.99. The molecule has 1 aliphatic heterocycles. The van der Waals surface area contributed by atoms with Gasteiger partial charge in [-0.25, -0.2) is 4.98 Å². The summed E-state index contributed by atoms with van der Waals surface area (Å²) < 4.78 is 5.45. The summed E-state index contributed by atoms with van der Waals surface area (Å²) in [4.78, 5) is 10.4. The summed E-state index contributed by atoms with van der Waals surface area (Å²) in [5.41, 5.74) is 5.63. The standard InChI is InChI=1S/C11H18N4O/c1-15(7-9-3-2-6-16-8-9)11-13-5-4-10(12)14-11/h4-5,9H,2-3,6-8H2,1H3,(H2,12,13,14). The van der Waals surface area contributed by atoms with E-state index in [1.165, 1.54) is 6.42 Å². The van der Waals surface area contributed by atoms with Crippen molar-refractivity contribution in [3.8, 4) is 0 Å². The van der Waals surface area contributed by atoms with E-state index in [9.17, 15) is 0 Å². The van der Waals surface area contributed by atoms with Gasteiger partial charge in [-0.2, -0.15) is 4.98 Å². The van der Waals surface area contributed by atoms with Gasteiger partial charge in [-0.3, -0.25) is 0 Å². The number of hydrogen-bond donors (Lipinski definition) is 1. The Hall–Kier alpha value is -1.36. The number of aromatic nitrogens is 2. The summed E-state index contributed by atoms with van der Waals surface area (Å²) in [5.74, 6) is 1.77. The summed E-state index contributed by atoms with van der Waals surface area (Å²) in [6.07, 6.45) is 4.05. The van der Waals surface area contributed by atoms with E-state index < -0.39 is 0 Å². The molecule has 0 amide bonds. The molecule has 2 N–H and O–H groups in total. The molecule has 1 fully saturated rings. The van der Waals surface area contributed by atoms with Crippen LogP contribution in [0.2, 0.25) is 0 Å². The Labute approximate surface area is 95.6 Å². The molecular weight excluding hydrogens is 204 g/mol. The summed E-state index contributed by atoms with van der Waals surface area (Å²) in [5, 5.41) is 0. The fourth-order valence-corrected chi connectivity index (χ4v) is 1.97. The maximum absolute atomic E-state index is 5.63. The number of nitrogen functional groups attached to an aromatic ring is 1. The summed E-state index contributed by atoms with van der Waals surface area (Å²) >= 11 is 0. The van der Waals surface area contributed by atoms with Crippen LogP contribution in [0.3, 0.4) is 0 Å². The molecule has 1 unspecified atom stereocenters. The molecular formula is C11H18N4O. The van der Waals surface area contributed by atoms with Crippen molar-refractivity contribution in [2.24, 2.45) is 5.92 Å². The van der Waals surface area contributed by atoms with Crippen LogP contribution in [0, 0.1) is 5.92 Å². The van der Waals surface area contributed by atoms with Crippen LogP contribution in [-0.2, 0) is 4.74 Å². The number of rotatable bonds is 3. The first kappa shape index (κ1) is 11.1. The SMILES string of the molecule is CN(CC1CCCOC1)c1nccc(N)n1. The van der Waals surface area contributed by atoms with Crippen LogP contribution in [0.4, 0.5) is 11.8 Å². The van der Waals surface area contributed by atoms with Crippen molar-refractivity contribution in [3.05, 3.63) is 12.3 Å². The van der Waals surface area contributed by atoms with E-state index in [0.29, 0.717) is 17.7 Å². The number of nitrogens with zero attached hydrogens (tertiary/aromatic N) is 3. The van der Waals surface area contributed by atoms with Crippen molar-refractivity contribution >= 4 is 11.8 Å². The van der Waals surface area contributed by atoms with Gasteiger partial charge in [0.25, 0.3) is 0 Å². The van der Waals surface area contributed by atoms with Crippen LogP contribution in [0.5, 0.6) is 0 Å². The third-order valence-electron chi connectivity index (χ3n) is 2.79. The van der Waals surface area contributed by atoms with Gasteiger partial charge >= 0.3 is 0 Å². The van der Waals surface area contributed by atoms with E-state index in [1.54, 1.807) is 12.3 Å². The van der Waals surface area contributed by atoms with Gasteiger partial charge in [0.1, 0.15) is 5.82 Å². The highest BCUT2D eigenvalue weighted by atomic mass is 16.5. The average molecular weight is 222 g/mol. The van der Waals surface area contributed by atoms with Crippen molar-refractivity contribution in [2.75, 3.05) is 37.4 Å². The second-order valence-electron chi connectivity index (χ2n) is 4.25. The van der Waals surface area contributed by atoms with Crippen LogP contribution >= 0.6 is 0 Å². The molecule has 2 heterocycles. The first-order chi connectivity index (χ1) is 7.75. The van der Waals surface area contributed by atoms with Gasteiger partial charge in [-0.15, -0.1) is 0 Å². The fraction of sp³-hybridized carbons (Fsp3) is 0.636. The third-order valence-corrected chi connectivity index (χ3v) is 2.79. The molecule has 0 aromatic carbocycles. The highest BCUT2D eigenvalue weighted by Crippen LogP contribution is 2.16. The lowest BCUT2D eigenvalue weighted by Gasteiger charge is -2.27. The fourth-order valence-electron chi connectivity index (χ4n) is 1.97. The molecule has 1 saturated heterocycles. The quantitative estimate of drug-likeness (QED) is 0.824. The molecule has 16 heavy (non-hydrogen) atoms. The van der Waals surface area contributed by atoms with Crippen molar-refractivity contribution in [1.29, 1.82) is 0 Å². The van der Waals surface area contributed by atoms with Crippen LogP contribution in [-0.4, -0.2) is 36.8 Å². The highest BCUT2D eigenvalue weighted by Gasteiger charge is 2.17. The minimum absolute atomic E-state index is 0.511. The molecule has 1 aromatic heterocycles. The lowest BCUT2D eigenvalue weighted by molar-refractivity contribution is 0.0575. The summed E-state index contributed by atoms with van der Waals surface area (Å²) in [6, 6.07) is 1.70. The number of anilines is 2. The van der Waals surface area contributed by atoms with Crippen molar-refractivity contribution in [1.82, 2.24) is 9.97 Å². The van der Waals surface area contributed by atoms with E-state index in [4.69, 9.17) is 10.5 Å². The Morgan fingerprint density at radius 3 is 3.19 bits per heavy atom. The van der Waals surface area contributed by atoms with E-state index >= 15 is 0 Å². The average Bonchev–Trinajstić information content (AvgIpc) is 2.30. The third kappa shape index (κ3) is 2.82. The van der Waals surface area contributed by atoms with Gasteiger partial charge in [-0.05, 0) is 24.8 Å². The second kappa shape index (κ2) is 5.12. The van der Waals surface area contributed by atoms with Crippen LogP contribution < -0.4 is 10.6 Å². The predicted molar refractivity (Wildman–Crippen MR) is 63.3 cm³/mol. The molecule has 88 valence electrons. The van der Waals surface area contributed by atoms with Gasteiger partial charge in [-0.1, -0.05) is 0 Å². The van der Waals surface area contributed by atoms with Crippen LogP contribution in [0.25, 0.3) is 0 Å². The second-order valence-corrected chi connectivity index (χ2v) is 4.25. The zero-order valence-corrected chi connectivity index (χ0v) is 9.59. The Morgan fingerprint density at radius 2 is 2.50 bits per heavy atom. The molecule has 0 aliphatic carbocycles. The summed E-state index contributed by atoms with van der Waals surface area (Å²) in [6.45, 7) is 2.66. The monoisotopic (exact) mass is 222 g/mol. The van der Waals surface area contributed by atoms with Gasteiger partial charge in [0, 0.05) is 26.4 Å². The van der Waals surface area contributed by atoms with Gasteiger partial charge in [0.15, 0.2) is 0 Å². The molecule has 5 nitrogen and oxygen atoms in total. The molecule has 0 spiro atoms. The molecule has 0 radical (unpaired) electrons. The molecule has 5 heteroatoms. The van der Waals surface area contributed by atoms with E-state index in [-0.39, 0.29) is 0 Å². The van der Waals surface area contributed by atoms with E-state index in [2.05, 4.69) is 9.97 Å². The molecule has 1 aliphatic rings. The number of nitrogens with two attached hydrogens (primary N) is 1. The van der Waals surface area contributed by atoms with Crippen molar-refractivity contribution < 1.29 is 4.74 Å². The van der Waals surface area contributed by atoms with E-state index in [1.807, 2.05) is 11.9 Å². The first-order valence-corrected chi connectivity index (χ1v) is 5.63. The van der Waals surface area contributed by atoms with Crippen molar-refractivity contribution in [3.63, 3.8) is 0 Å². The topological polar surface area (TPSA) is 64.3 Å². The Kier molecular flexibility index (Phi) is 3.56. The maximum atomic E-state index is 5.63. The molecule has 2 rings (SSSR count). The normalized spacial score (nSPS) is 20.7. The minimum Gasteiger partial charge on any atom is -0.384 e. The lowest BCUT2D eigenvalue weighted by Crippen LogP contribution is -2.31. The Bertz CT molecular complexity index is 339. The van der Waals surface area contributed by atoms with Gasteiger partial charge in [0.05, 0.1) is 6.61 Å². The van der Waals surface area contributed by atoms with Crippen molar-refractivity contribution in [2.45, 2.75) is 12.8 Å². The van der Waals surface area contributed by atoms with Gasteiger partial charge < -0.3 is 15.4 Å². The molecule has 1 atom stereocenters. The number of hydrogen-bond acceptors (Lipinski definition) is 5. The lowest BCUT2D eigenvalue weighted by atomic mass is 10.0. The molecule has 0 saturated carbocycles. The predicted octanol–water partition coefficient (Wildman–Crippen LogP) is 0.922. The Morgan fingerprint density at radius 1 is 1.62 bits per heavy atom. The van der Waals surface area contributed by atoms with Gasteiger partial charge in [0.2, 0.25) is 5.95 Å². The maximum Gasteiger partial charge on any atom is 0.226 e. The Balaban J connectivity index is 1.94. The number of ether oxygens (including phenoxy) is 1. The highest BCUT2D eigenvalue weighted by molar-refractivity contribution is 5.36. The molecule has 1 aromatic rings. The van der Waals surface area contributed by atoms with Crippen LogP contribution in [0.15, 0.2) is 12.3 Å². The smallest absolute Gasteiger partial charge is 0.226 e. The first-order valence-electron chi connectivity index (χ1n) is 5.63. The molecule has 0 bridgehead atoms. The van der Waals surface area contributed by atoms with E-state index in [0.717, 1.165) is 26.2 Å². The zero-order chi connectivity index (χ0) is 11.4. The minimum atomic E-state index is 0.511. The largest absolute Gasteiger partial charge is 0.384 e. The zero-order valence-electron chi connectivity index (χ0n) is 9.59.